The zero-order chi connectivity index (χ0) is 12.8. The lowest BCUT2D eigenvalue weighted by atomic mass is 9.92. The molecule has 96 valence electrons. The molecule has 0 saturated carbocycles. The van der Waals surface area contributed by atoms with Gasteiger partial charge >= 0.3 is 6.18 Å². The van der Waals surface area contributed by atoms with E-state index in [0.29, 0.717) is 0 Å². The van der Waals surface area contributed by atoms with Crippen LogP contribution in [0.3, 0.4) is 0 Å². The zero-order valence-electron chi connectivity index (χ0n) is 9.11. The molecule has 2 nitrogen and oxygen atoms in total. The molecule has 0 atom stereocenters. The van der Waals surface area contributed by atoms with E-state index in [1.807, 2.05) is 0 Å². The molecule has 1 aliphatic carbocycles. The van der Waals surface area contributed by atoms with Crippen molar-refractivity contribution in [2.75, 3.05) is 0 Å². The summed E-state index contributed by atoms with van der Waals surface area (Å²) in [6.45, 7) is 1.74. The molecule has 0 radical (unpaired) electrons. The Balaban J connectivity index is 2.67. The van der Waals surface area contributed by atoms with Gasteiger partial charge < -0.3 is 0 Å². The van der Waals surface area contributed by atoms with E-state index in [1.165, 1.54) is 0 Å². The number of rotatable bonds is 1. The average Bonchev–Trinajstić information content (AvgIpc) is 2.56. The van der Waals surface area contributed by atoms with E-state index in [4.69, 9.17) is 0 Å². The van der Waals surface area contributed by atoms with Crippen molar-refractivity contribution in [3.05, 3.63) is 17.0 Å². The molecule has 0 amide bonds. The Labute approximate surface area is 94.4 Å². The van der Waals surface area contributed by atoms with E-state index in [9.17, 15) is 22.0 Å². The zero-order valence-corrected chi connectivity index (χ0v) is 9.11. The van der Waals surface area contributed by atoms with Gasteiger partial charge in [-0.05, 0) is 19.8 Å². The van der Waals surface area contributed by atoms with Crippen molar-refractivity contribution in [2.24, 2.45) is 0 Å². The van der Waals surface area contributed by atoms with Crippen molar-refractivity contribution < 1.29 is 22.0 Å². The number of aromatic nitrogens is 2. The van der Waals surface area contributed by atoms with Gasteiger partial charge in [0.1, 0.15) is 0 Å². The summed E-state index contributed by atoms with van der Waals surface area (Å²) in [7, 11) is 0. The standard InChI is InChI=1S/C10H11F5N2/c1-2-17-6-4-3-5-9(11,12)7(6)8(16-17)10(13,14)15/h2-5H2,1H3. The average molecular weight is 254 g/mol. The van der Waals surface area contributed by atoms with Crippen molar-refractivity contribution in [1.29, 1.82) is 0 Å². The molecule has 0 N–H and O–H groups in total. The fourth-order valence-electron chi connectivity index (χ4n) is 2.20. The van der Waals surface area contributed by atoms with Crippen LogP contribution in [-0.2, 0) is 25.1 Å². The molecule has 0 unspecified atom stereocenters. The Morgan fingerprint density at radius 2 is 2.00 bits per heavy atom. The van der Waals surface area contributed by atoms with Crippen LogP contribution in [0, 0.1) is 0 Å². The molecule has 1 aliphatic rings. The van der Waals surface area contributed by atoms with Crippen molar-refractivity contribution in [2.45, 2.75) is 44.8 Å². The Kier molecular flexibility index (Phi) is 2.67. The van der Waals surface area contributed by atoms with Gasteiger partial charge in [0.15, 0.2) is 5.69 Å². The van der Waals surface area contributed by atoms with Crippen molar-refractivity contribution in [1.82, 2.24) is 9.78 Å². The monoisotopic (exact) mass is 254 g/mol. The third-order valence-corrected chi connectivity index (χ3v) is 2.90. The van der Waals surface area contributed by atoms with Gasteiger partial charge in [-0.25, -0.2) is 8.78 Å². The molecule has 0 saturated heterocycles. The smallest absolute Gasteiger partial charge is 0.269 e. The van der Waals surface area contributed by atoms with Crippen LogP contribution in [0.2, 0.25) is 0 Å². The van der Waals surface area contributed by atoms with E-state index < -0.39 is 29.8 Å². The van der Waals surface area contributed by atoms with Gasteiger partial charge in [-0.1, -0.05) is 0 Å². The van der Waals surface area contributed by atoms with E-state index in [-0.39, 0.29) is 25.1 Å². The van der Waals surface area contributed by atoms with E-state index >= 15 is 0 Å². The van der Waals surface area contributed by atoms with Crippen LogP contribution in [0.15, 0.2) is 0 Å². The molecule has 0 fully saturated rings. The van der Waals surface area contributed by atoms with Gasteiger partial charge in [-0.3, -0.25) is 4.68 Å². The van der Waals surface area contributed by atoms with E-state index in [0.717, 1.165) is 4.68 Å². The van der Waals surface area contributed by atoms with Crippen LogP contribution in [0.4, 0.5) is 22.0 Å². The topological polar surface area (TPSA) is 17.8 Å². The van der Waals surface area contributed by atoms with Gasteiger partial charge in [0, 0.05) is 18.7 Å². The summed E-state index contributed by atoms with van der Waals surface area (Å²) in [6.07, 6.45) is -4.96. The summed E-state index contributed by atoms with van der Waals surface area (Å²) in [5.74, 6) is -3.42. The SMILES string of the molecule is CCn1nc(C(F)(F)F)c2c1CCCC2(F)F. The highest BCUT2D eigenvalue weighted by Gasteiger charge is 2.49. The summed E-state index contributed by atoms with van der Waals surface area (Å²) in [4.78, 5) is 0. The lowest BCUT2D eigenvalue weighted by molar-refractivity contribution is -0.146. The molecule has 17 heavy (non-hydrogen) atoms. The number of hydrogen-bond donors (Lipinski definition) is 0. The van der Waals surface area contributed by atoms with Gasteiger partial charge in [-0.2, -0.15) is 18.3 Å². The third-order valence-electron chi connectivity index (χ3n) is 2.90. The summed E-state index contributed by atoms with van der Waals surface area (Å²) in [5.41, 5.74) is -2.33. The second-order valence-electron chi connectivity index (χ2n) is 4.04. The maximum absolute atomic E-state index is 13.6. The first-order valence-corrected chi connectivity index (χ1v) is 5.32. The molecule has 0 aromatic carbocycles. The van der Waals surface area contributed by atoms with Gasteiger partial charge in [0.05, 0.1) is 5.56 Å². The summed E-state index contributed by atoms with van der Waals surface area (Å²) in [5, 5.41) is 3.29. The van der Waals surface area contributed by atoms with Crippen molar-refractivity contribution in [3.63, 3.8) is 0 Å². The normalized spacial score (nSPS) is 19.2. The third kappa shape index (κ3) is 1.91. The number of halogens is 5. The number of nitrogens with zero attached hydrogens (tertiary/aromatic N) is 2. The van der Waals surface area contributed by atoms with E-state index in [1.54, 1.807) is 6.92 Å². The molecule has 1 aromatic rings. The minimum Gasteiger partial charge on any atom is -0.269 e. The van der Waals surface area contributed by atoms with Crippen LogP contribution >= 0.6 is 0 Å². The minimum absolute atomic E-state index is 0.0241. The number of fused-ring (bicyclic) bond motifs is 1. The lowest BCUT2D eigenvalue weighted by Crippen LogP contribution is -2.24. The molecule has 1 heterocycles. The lowest BCUT2D eigenvalue weighted by Gasteiger charge is -2.23. The van der Waals surface area contributed by atoms with E-state index in [2.05, 4.69) is 5.10 Å². The highest BCUT2D eigenvalue weighted by atomic mass is 19.4. The highest BCUT2D eigenvalue weighted by Crippen LogP contribution is 2.46. The first kappa shape index (κ1) is 12.3. The Morgan fingerprint density at radius 1 is 1.35 bits per heavy atom. The molecule has 2 rings (SSSR count). The largest absolute Gasteiger partial charge is 0.435 e. The van der Waals surface area contributed by atoms with Crippen LogP contribution in [0.1, 0.15) is 36.7 Å². The number of aryl methyl sites for hydroxylation is 1. The van der Waals surface area contributed by atoms with Crippen molar-refractivity contribution >= 4 is 0 Å². The van der Waals surface area contributed by atoms with Gasteiger partial charge in [0.2, 0.25) is 0 Å². The minimum atomic E-state index is -4.83. The Morgan fingerprint density at radius 3 is 2.53 bits per heavy atom. The molecule has 7 heteroatoms. The van der Waals surface area contributed by atoms with Crippen LogP contribution in [0.25, 0.3) is 0 Å². The second kappa shape index (κ2) is 3.68. The number of hydrogen-bond acceptors (Lipinski definition) is 1. The molecule has 0 spiro atoms. The Hall–Kier alpha value is -1.14. The molecule has 0 bridgehead atoms. The summed E-state index contributed by atoms with van der Waals surface area (Å²) in [6, 6.07) is 0. The summed E-state index contributed by atoms with van der Waals surface area (Å²) < 4.78 is 66.2. The first-order valence-electron chi connectivity index (χ1n) is 5.32. The fraction of sp³-hybridized carbons (Fsp3) is 0.700. The van der Waals surface area contributed by atoms with Crippen LogP contribution < -0.4 is 0 Å². The predicted molar refractivity (Wildman–Crippen MR) is 49.7 cm³/mol. The quantitative estimate of drug-likeness (QED) is 0.703. The molecule has 0 aliphatic heterocycles. The molecular formula is C10H11F5N2. The predicted octanol–water partition coefficient (Wildman–Crippen LogP) is 3.35. The van der Waals surface area contributed by atoms with Crippen molar-refractivity contribution in [3.8, 4) is 0 Å². The fourth-order valence-corrected chi connectivity index (χ4v) is 2.20. The Bertz CT molecular complexity index is 433. The van der Waals surface area contributed by atoms with Gasteiger partial charge in [0.25, 0.3) is 5.92 Å². The van der Waals surface area contributed by atoms with Gasteiger partial charge in [-0.15, -0.1) is 0 Å². The highest BCUT2D eigenvalue weighted by molar-refractivity contribution is 5.35. The second-order valence-corrected chi connectivity index (χ2v) is 4.04. The maximum Gasteiger partial charge on any atom is 0.435 e. The maximum atomic E-state index is 13.6. The first-order chi connectivity index (χ1) is 7.77. The van der Waals surface area contributed by atoms with Crippen LogP contribution in [0.5, 0.6) is 0 Å². The number of alkyl halides is 5. The summed E-state index contributed by atoms with van der Waals surface area (Å²) >= 11 is 0. The molecular weight excluding hydrogens is 243 g/mol. The molecule has 1 aromatic heterocycles. The van der Waals surface area contributed by atoms with Crippen LogP contribution in [-0.4, -0.2) is 9.78 Å².